The summed E-state index contributed by atoms with van der Waals surface area (Å²) in [6.07, 6.45) is 5.35. The molecule has 0 amide bonds. The van der Waals surface area contributed by atoms with E-state index in [1.807, 2.05) is 13.8 Å². The van der Waals surface area contributed by atoms with Crippen LogP contribution in [0.2, 0.25) is 5.82 Å². The number of nitrogens with two attached hydrogens (primary N) is 1. The van der Waals surface area contributed by atoms with Crippen molar-refractivity contribution in [2.24, 2.45) is 11.7 Å². The Morgan fingerprint density at radius 3 is 2.57 bits per heavy atom. The molecule has 2 aliphatic rings. The van der Waals surface area contributed by atoms with Gasteiger partial charge in [-0.05, 0) is 63.5 Å². The number of ketones is 1. The van der Waals surface area contributed by atoms with E-state index in [9.17, 15) is 19.7 Å². The van der Waals surface area contributed by atoms with Gasteiger partial charge in [0.2, 0.25) is 0 Å². The molecule has 1 aliphatic carbocycles. The molecular formula is C22H33BN2O5. The lowest BCUT2D eigenvalue weighted by molar-refractivity contribution is -0.120. The molecule has 0 bridgehead atoms. The topological polar surface area (TPSA) is 122 Å². The largest absolute Gasteiger partial charge is 0.535 e. The van der Waals surface area contributed by atoms with E-state index in [-0.39, 0.29) is 34.9 Å². The number of aromatic carboxylic acids is 1. The average Bonchev–Trinajstić information content (AvgIpc) is 2.67. The maximum Gasteiger partial charge on any atom is 0.526 e. The molecule has 8 heteroatoms. The minimum atomic E-state index is -1.17. The highest BCUT2D eigenvalue weighted by molar-refractivity contribution is 6.47. The zero-order valence-corrected chi connectivity index (χ0v) is 17.9. The first-order chi connectivity index (χ1) is 14.1. The molecule has 1 saturated carbocycles. The van der Waals surface area contributed by atoms with Gasteiger partial charge in [-0.2, -0.15) is 0 Å². The molecule has 5 N–H and O–H groups in total. The fraction of sp³-hybridized carbons (Fsp3) is 0.636. The maximum absolute atomic E-state index is 12.7. The zero-order valence-electron chi connectivity index (χ0n) is 17.9. The molecule has 0 aromatic heterocycles. The third-order valence-corrected chi connectivity index (χ3v) is 6.15. The number of hydrogen-bond donors (Lipinski definition) is 4. The van der Waals surface area contributed by atoms with Crippen molar-refractivity contribution < 1.29 is 24.4 Å². The molecule has 164 valence electrons. The first kappa shape index (κ1) is 22.8. The van der Waals surface area contributed by atoms with Crippen molar-refractivity contribution in [3.8, 4) is 5.75 Å². The van der Waals surface area contributed by atoms with Gasteiger partial charge in [0, 0.05) is 36.8 Å². The Labute approximate surface area is 178 Å². The van der Waals surface area contributed by atoms with E-state index in [0.29, 0.717) is 24.8 Å². The summed E-state index contributed by atoms with van der Waals surface area (Å²) in [5, 5.41) is 23.2. The highest BCUT2D eigenvalue weighted by Gasteiger charge is 2.38. The van der Waals surface area contributed by atoms with E-state index in [0.717, 1.165) is 37.8 Å². The van der Waals surface area contributed by atoms with Gasteiger partial charge in [0.15, 0.2) is 0 Å². The van der Waals surface area contributed by atoms with E-state index < -0.39 is 13.1 Å². The smallest absolute Gasteiger partial charge is 0.526 e. The quantitative estimate of drug-likeness (QED) is 0.480. The van der Waals surface area contributed by atoms with Crippen LogP contribution in [0.4, 0.5) is 0 Å². The van der Waals surface area contributed by atoms with Crippen LogP contribution in [-0.2, 0) is 11.2 Å². The summed E-state index contributed by atoms with van der Waals surface area (Å²) in [6.45, 7) is 4.80. The Morgan fingerprint density at radius 1 is 1.23 bits per heavy atom. The minimum Gasteiger partial charge on any atom is -0.535 e. The first-order valence-electron chi connectivity index (χ1n) is 10.9. The van der Waals surface area contributed by atoms with Gasteiger partial charge >= 0.3 is 13.1 Å². The zero-order chi connectivity index (χ0) is 21.9. The SMILES string of the molecule is CC(C)(N)CNC1CCC(CC(=O)C[C@H]2Cc3cccc(C(=O)O)c3OB2O)CC1. The highest BCUT2D eigenvalue weighted by atomic mass is 16.5. The average molecular weight is 416 g/mol. The van der Waals surface area contributed by atoms with Crippen LogP contribution in [0.5, 0.6) is 5.75 Å². The van der Waals surface area contributed by atoms with E-state index in [2.05, 4.69) is 5.32 Å². The van der Waals surface area contributed by atoms with Gasteiger partial charge in [0.25, 0.3) is 0 Å². The fourth-order valence-electron chi connectivity index (χ4n) is 4.50. The number of carboxylic acids is 1. The van der Waals surface area contributed by atoms with Crippen LogP contribution in [0.25, 0.3) is 0 Å². The number of Topliss-reactive ketones (excluding diaryl/α,β-unsaturated/α-hetero) is 1. The Bertz CT molecular complexity index is 771. The molecule has 1 heterocycles. The number of hydrogen-bond acceptors (Lipinski definition) is 6. The van der Waals surface area contributed by atoms with Crippen LogP contribution in [0.15, 0.2) is 18.2 Å². The molecule has 30 heavy (non-hydrogen) atoms. The van der Waals surface area contributed by atoms with Crippen molar-refractivity contribution in [3.63, 3.8) is 0 Å². The predicted molar refractivity (Wildman–Crippen MR) is 116 cm³/mol. The summed E-state index contributed by atoms with van der Waals surface area (Å²) in [5.74, 6) is -0.700. The fourth-order valence-corrected chi connectivity index (χ4v) is 4.50. The number of benzene rings is 1. The molecule has 1 aromatic carbocycles. The second kappa shape index (κ2) is 9.50. The summed E-state index contributed by atoms with van der Waals surface area (Å²) < 4.78 is 5.50. The molecule has 3 rings (SSSR count). The molecule has 0 spiro atoms. The molecule has 0 saturated heterocycles. The van der Waals surface area contributed by atoms with Crippen molar-refractivity contribution in [3.05, 3.63) is 29.3 Å². The molecule has 1 aliphatic heterocycles. The number of rotatable bonds is 8. The van der Waals surface area contributed by atoms with E-state index in [4.69, 9.17) is 10.4 Å². The van der Waals surface area contributed by atoms with Crippen molar-refractivity contribution in [2.45, 2.75) is 76.2 Å². The van der Waals surface area contributed by atoms with E-state index >= 15 is 0 Å². The van der Waals surface area contributed by atoms with Gasteiger partial charge in [-0.3, -0.25) is 4.79 Å². The maximum atomic E-state index is 12.7. The summed E-state index contributed by atoms with van der Waals surface area (Å²) in [5.41, 5.74) is 6.58. The Morgan fingerprint density at radius 2 is 1.93 bits per heavy atom. The lowest BCUT2D eigenvalue weighted by atomic mass is 9.64. The lowest BCUT2D eigenvalue weighted by Gasteiger charge is -2.32. The first-order valence-corrected chi connectivity index (χ1v) is 10.9. The van der Waals surface area contributed by atoms with Crippen LogP contribution in [0, 0.1) is 5.92 Å². The van der Waals surface area contributed by atoms with Crippen LogP contribution < -0.4 is 15.7 Å². The van der Waals surface area contributed by atoms with Gasteiger partial charge < -0.3 is 25.8 Å². The number of carboxylic acid groups (broad SMARTS) is 1. The standard InChI is InChI=1S/C22H33BN2O5/c1-22(2,24)13-25-17-8-6-14(7-9-17)10-18(26)12-16-11-15-4-3-5-19(21(27)28)20(15)30-23(16)29/h3-5,14,16-17,25,29H,6-13,24H2,1-2H3,(H,27,28)/t14?,16-,17?/m1/s1. The van der Waals surface area contributed by atoms with Gasteiger partial charge in [0.1, 0.15) is 11.5 Å². The molecule has 0 unspecified atom stereocenters. The van der Waals surface area contributed by atoms with E-state index in [1.165, 1.54) is 6.07 Å². The van der Waals surface area contributed by atoms with Crippen molar-refractivity contribution in [1.82, 2.24) is 5.32 Å². The highest BCUT2D eigenvalue weighted by Crippen LogP contribution is 2.37. The normalized spacial score (nSPS) is 24.1. The Kier molecular flexibility index (Phi) is 7.21. The molecule has 1 aromatic rings. The van der Waals surface area contributed by atoms with Gasteiger partial charge in [0.05, 0.1) is 5.56 Å². The predicted octanol–water partition coefficient (Wildman–Crippen LogP) is 2.41. The number of carbonyl (C=O) groups is 2. The van der Waals surface area contributed by atoms with Gasteiger partial charge in [-0.25, -0.2) is 4.79 Å². The van der Waals surface area contributed by atoms with Crippen molar-refractivity contribution in [2.75, 3.05) is 6.54 Å². The van der Waals surface area contributed by atoms with Crippen LogP contribution in [0.3, 0.4) is 0 Å². The van der Waals surface area contributed by atoms with Gasteiger partial charge in [-0.15, -0.1) is 0 Å². The summed E-state index contributed by atoms with van der Waals surface area (Å²) in [7, 11) is -1.17. The third-order valence-electron chi connectivity index (χ3n) is 6.15. The Balaban J connectivity index is 1.48. The minimum absolute atomic E-state index is 0.0414. The van der Waals surface area contributed by atoms with Gasteiger partial charge in [-0.1, -0.05) is 12.1 Å². The lowest BCUT2D eigenvalue weighted by Crippen LogP contribution is -2.47. The number of para-hydroxylation sites is 1. The second-order valence-electron chi connectivity index (χ2n) is 9.61. The third kappa shape index (κ3) is 6.06. The monoisotopic (exact) mass is 416 g/mol. The van der Waals surface area contributed by atoms with E-state index in [1.54, 1.807) is 12.1 Å². The van der Waals surface area contributed by atoms with Crippen LogP contribution in [0.1, 0.15) is 68.3 Å². The Hall–Kier alpha value is -1.90. The number of carbonyl (C=O) groups excluding carboxylic acids is 1. The van der Waals surface area contributed by atoms with Crippen LogP contribution in [-0.4, -0.2) is 47.1 Å². The summed E-state index contributed by atoms with van der Waals surface area (Å²) in [4.78, 5) is 24.0. The second-order valence-corrected chi connectivity index (χ2v) is 9.61. The summed E-state index contributed by atoms with van der Waals surface area (Å²) in [6, 6.07) is 5.38. The number of fused-ring (bicyclic) bond motifs is 1. The van der Waals surface area contributed by atoms with Crippen LogP contribution >= 0.6 is 0 Å². The molecule has 0 radical (unpaired) electrons. The molecule has 1 atom stereocenters. The summed E-state index contributed by atoms with van der Waals surface area (Å²) >= 11 is 0. The number of nitrogens with one attached hydrogen (secondary N) is 1. The molecule has 1 fully saturated rings. The molecule has 7 nitrogen and oxygen atoms in total. The molecular weight excluding hydrogens is 383 g/mol. The van der Waals surface area contributed by atoms with Crippen molar-refractivity contribution >= 4 is 18.9 Å². The van der Waals surface area contributed by atoms with Crippen molar-refractivity contribution in [1.29, 1.82) is 0 Å².